The Morgan fingerprint density at radius 3 is 2.59 bits per heavy atom. The summed E-state index contributed by atoms with van der Waals surface area (Å²) in [6.45, 7) is 1.79. The third kappa shape index (κ3) is 3.65. The first-order valence-electron chi connectivity index (χ1n) is 9.08. The summed E-state index contributed by atoms with van der Waals surface area (Å²) in [4.78, 5) is 25.0. The maximum absolute atomic E-state index is 12.8. The van der Waals surface area contributed by atoms with E-state index in [1.807, 2.05) is 31.2 Å². The van der Waals surface area contributed by atoms with Gasteiger partial charge in [-0.15, -0.1) is 0 Å². The zero-order chi connectivity index (χ0) is 20.4. The standard InChI is InChI=1S/C23H19NO5/c1-14-6-3-4-8-18(14)28-13-21(25)24-15-10-11-16-20(12-15)29-23-17(22(16)26)7-5-9-19(23)27-2/h3-12H,13H2,1-2H3,(H,24,25). The lowest BCUT2D eigenvalue weighted by atomic mass is 10.1. The Morgan fingerprint density at radius 2 is 1.79 bits per heavy atom. The number of para-hydroxylation sites is 2. The molecule has 0 aliphatic rings. The smallest absolute Gasteiger partial charge is 0.262 e. The van der Waals surface area contributed by atoms with Gasteiger partial charge in [-0.05, 0) is 42.8 Å². The molecule has 0 atom stereocenters. The van der Waals surface area contributed by atoms with Gasteiger partial charge in [0.25, 0.3) is 5.91 Å². The topological polar surface area (TPSA) is 77.8 Å². The van der Waals surface area contributed by atoms with Crippen molar-refractivity contribution in [3.63, 3.8) is 0 Å². The van der Waals surface area contributed by atoms with Crippen LogP contribution in [0.1, 0.15) is 5.56 Å². The van der Waals surface area contributed by atoms with Crippen LogP contribution >= 0.6 is 0 Å². The Morgan fingerprint density at radius 1 is 1.00 bits per heavy atom. The first kappa shape index (κ1) is 18.6. The number of carbonyl (C=O) groups excluding carboxylic acids is 1. The van der Waals surface area contributed by atoms with Gasteiger partial charge in [-0.3, -0.25) is 9.59 Å². The van der Waals surface area contributed by atoms with Crippen molar-refractivity contribution < 1.29 is 18.7 Å². The zero-order valence-electron chi connectivity index (χ0n) is 16.0. The summed E-state index contributed by atoms with van der Waals surface area (Å²) in [6.07, 6.45) is 0. The molecule has 0 saturated carbocycles. The minimum atomic E-state index is -0.312. The molecule has 0 spiro atoms. The van der Waals surface area contributed by atoms with E-state index in [9.17, 15) is 9.59 Å². The molecule has 0 aliphatic carbocycles. The van der Waals surface area contributed by atoms with Crippen molar-refractivity contribution in [3.8, 4) is 11.5 Å². The Kier molecular flexibility index (Phi) is 4.91. The molecule has 3 aromatic carbocycles. The SMILES string of the molecule is COc1cccc2c(=O)c3ccc(NC(=O)COc4ccccc4C)cc3oc12. The molecular formula is C23H19NO5. The van der Waals surface area contributed by atoms with Crippen molar-refractivity contribution in [1.29, 1.82) is 0 Å². The molecule has 1 N–H and O–H groups in total. The number of ether oxygens (including phenoxy) is 2. The lowest BCUT2D eigenvalue weighted by Gasteiger charge is -2.10. The van der Waals surface area contributed by atoms with E-state index in [-0.39, 0.29) is 17.9 Å². The lowest BCUT2D eigenvalue weighted by molar-refractivity contribution is -0.118. The monoisotopic (exact) mass is 389 g/mol. The van der Waals surface area contributed by atoms with Gasteiger partial charge in [-0.25, -0.2) is 0 Å². The molecule has 0 fully saturated rings. The van der Waals surface area contributed by atoms with Crippen LogP contribution in [0.4, 0.5) is 5.69 Å². The zero-order valence-corrected chi connectivity index (χ0v) is 16.0. The summed E-state index contributed by atoms with van der Waals surface area (Å²) < 4.78 is 16.8. The van der Waals surface area contributed by atoms with E-state index in [1.165, 1.54) is 7.11 Å². The van der Waals surface area contributed by atoms with E-state index in [1.54, 1.807) is 36.4 Å². The number of methoxy groups -OCH3 is 1. The Bertz CT molecular complexity index is 1280. The summed E-state index contributed by atoms with van der Waals surface area (Å²) in [6, 6.07) is 17.6. The van der Waals surface area contributed by atoms with Gasteiger partial charge in [-0.2, -0.15) is 0 Å². The highest BCUT2D eigenvalue weighted by Gasteiger charge is 2.13. The average Bonchev–Trinajstić information content (AvgIpc) is 2.73. The fourth-order valence-electron chi connectivity index (χ4n) is 3.15. The molecule has 4 aromatic rings. The highest BCUT2D eigenvalue weighted by molar-refractivity contribution is 5.96. The number of nitrogens with one attached hydrogen (secondary N) is 1. The summed E-state index contributed by atoms with van der Waals surface area (Å²) in [5.41, 5.74) is 2.05. The van der Waals surface area contributed by atoms with Crippen molar-refractivity contribution in [3.05, 3.63) is 76.5 Å². The van der Waals surface area contributed by atoms with Gasteiger partial charge in [-0.1, -0.05) is 24.3 Å². The number of rotatable bonds is 5. The van der Waals surface area contributed by atoms with Crippen LogP contribution in [0.3, 0.4) is 0 Å². The van der Waals surface area contributed by atoms with Crippen LogP contribution in [0.15, 0.2) is 69.9 Å². The molecule has 1 amide bonds. The molecule has 0 radical (unpaired) electrons. The number of amides is 1. The van der Waals surface area contributed by atoms with Gasteiger partial charge in [0.2, 0.25) is 5.43 Å². The minimum absolute atomic E-state index is 0.127. The van der Waals surface area contributed by atoms with Gasteiger partial charge in [0.15, 0.2) is 17.9 Å². The predicted octanol–water partition coefficient (Wildman–Crippen LogP) is 4.28. The van der Waals surface area contributed by atoms with E-state index in [0.29, 0.717) is 39.1 Å². The summed E-state index contributed by atoms with van der Waals surface area (Å²) in [7, 11) is 1.52. The van der Waals surface area contributed by atoms with E-state index in [2.05, 4.69) is 5.32 Å². The first-order chi connectivity index (χ1) is 14.1. The van der Waals surface area contributed by atoms with Gasteiger partial charge in [0, 0.05) is 11.8 Å². The minimum Gasteiger partial charge on any atom is -0.493 e. The van der Waals surface area contributed by atoms with Crippen LogP contribution in [-0.4, -0.2) is 19.6 Å². The van der Waals surface area contributed by atoms with Crippen LogP contribution in [0.2, 0.25) is 0 Å². The number of fused-ring (bicyclic) bond motifs is 2. The normalized spacial score (nSPS) is 10.8. The average molecular weight is 389 g/mol. The lowest BCUT2D eigenvalue weighted by Crippen LogP contribution is -2.20. The van der Waals surface area contributed by atoms with E-state index < -0.39 is 0 Å². The van der Waals surface area contributed by atoms with Crippen LogP contribution in [0, 0.1) is 6.92 Å². The summed E-state index contributed by atoms with van der Waals surface area (Å²) >= 11 is 0. The molecule has 6 nitrogen and oxygen atoms in total. The number of anilines is 1. The van der Waals surface area contributed by atoms with Crippen molar-refractivity contribution in [2.24, 2.45) is 0 Å². The fraction of sp³-hybridized carbons (Fsp3) is 0.130. The van der Waals surface area contributed by atoms with Gasteiger partial charge in [0.1, 0.15) is 11.3 Å². The Balaban J connectivity index is 1.60. The molecule has 146 valence electrons. The molecule has 0 bridgehead atoms. The molecule has 0 aliphatic heterocycles. The summed E-state index contributed by atoms with van der Waals surface area (Å²) in [5.74, 6) is 0.821. The fourth-order valence-corrected chi connectivity index (χ4v) is 3.15. The summed E-state index contributed by atoms with van der Waals surface area (Å²) in [5, 5.41) is 3.64. The number of aryl methyl sites for hydroxylation is 1. The van der Waals surface area contributed by atoms with Crippen molar-refractivity contribution in [2.45, 2.75) is 6.92 Å². The molecule has 0 unspecified atom stereocenters. The number of hydrogen-bond donors (Lipinski definition) is 1. The number of carbonyl (C=O) groups is 1. The highest BCUT2D eigenvalue weighted by atomic mass is 16.5. The largest absolute Gasteiger partial charge is 0.493 e. The van der Waals surface area contributed by atoms with Crippen molar-refractivity contribution >= 4 is 33.5 Å². The van der Waals surface area contributed by atoms with Crippen LogP contribution in [0.5, 0.6) is 11.5 Å². The first-order valence-corrected chi connectivity index (χ1v) is 9.08. The quantitative estimate of drug-likeness (QED) is 0.516. The Labute approximate surface area is 166 Å². The van der Waals surface area contributed by atoms with Crippen LogP contribution < -0.4 is 20.2 Å². The molecular weight excluding hydrogens is 370 g/mol. The highest BCUT2D eigenvalue weighted by Crippen LogP contribution is 2.28. The molecule has 1 aromatic heterocycles. The van der Waals surface area contributed by atoms with Crippen LogP contribution in [0.25, 0.3) is 21.9 Å². The van der Waals surface area contributed by atoms with Crippen LogP contribution in [-0.2, 0) is 4.79 Å². The van der Waals surface area contributed by atoms with E-state index in [0.717, 1.165) is 5.56 Å². The van der Waals surface area contributed by atoms with Gasteiger partial charge < -0.3 is 19.2 Å². The second kappa shape index (κ2) is 7.67. The van der Waals surface area contributed by atoms with E-state index in [4.69, 9.17) is 13.9 Å². The molecule has 1 heterocycles. The maximum atomic E-state index is 12.8. The molecule has 4 rings (SSSR count). The van der Waals surface area contributed by atoms with Gasteiger partial charge in [0.05, 0.1) is 17.9 Å². The van der Waals surface area contributed by atoms with Crippen molar-refractivity contribution in [2.75, 3.05) is 19.0 Å². The molecule has 0 saturated heterocycles. The van der Waals surface area contributed by atoms with Gasteiger partial charge >= 0.3 is 0 Å². The maximum Gasteiger partial charge on any atom is 0.262 e. The predicted molar refractivity (Wildman–Crippen MR) is 112 cm³/mol. The third-order valence-electron chi connectivity index (χ3n) is 4.62. The number of hydrogen-bond acceptors (Lipinski definition) is 5. The second-order valence-corrected chi connectivity index (χ2v) is 6.58. The number of benzene rings is 3. The third-order valence-corrected chi connectivity index (χ3v) is 4.62. The van der Waals surface area contributed by atoms with E-state index >= 15 is 0 Å². The Hall–Kier alpha value is -3.80. The van der Waals surface area contributed by atoms with Crippen molar-refractivity contribution in [1.82, 2.24) is 0 Å². The molecule has 6 heteroatoms. The molecule has 29 heavy (non-hydrogen) atoms. The second-order valence-electron chi connectivity index (χ2n) is 6.58.